The van der Waals surface area contributed by atoms with E-state index in [0.29, 0.717) is 0 Å². The fourth-order valence-electron chi connectivity index (χ4n) is 2.28. The molecule has 0 N–H and O–H groups in total. The monoisotopic (exact) mass is 215 g/mol. The van der Waals surface area contributed by atoms with E-state index in [-0.39, 0.29) is 0 Å². The lowest BCUT2D eigenvalue weighted by Gasteiger charge is -2.35. The summed E-state index contributed by atoms with van der Waals surface area (Å²) in [6.45, 7) is 6.28. The third-order valence-electron chi connectivity index (χ3n) is 3.29. The normalized spacial score (nSPS) is 30.6. The zero-order valence-corrected chi connectivity index (χ0v) is 9.46. The van der Waals surface area contributed by atoms with Gasteiger partial charge < -0.3 is 0 Å². The summed E-state index contributed by atoms with van der Waals surface area (Å²) in [5.41, 5.74) is 0. The van der Waals surface area contributed by atoms with Crippen LogP contribution in [0.4, 0.5) is 0 Å². The van der Waals surface area contributed by atoms with E-state index >= 15 is 0 Å². The second kappa shape index (κ2) is 3.31. The Bertz CT molecular complexity index is 253. The molecule has 0 bridgehead atoms. The predicted molar refractivity (Wildman–Crippen MR) is 56.2 cm³/mol. The Morgan fingerprint density at radius 2 is 1.07 bits per heavy atom. The second-order valence-corrected chi connectivity index (χ2v) is 7.16. The molecule has 5 heteroatoms. The smallest absolute Gasteiger partial charge is 0.270 e. The second-order valence-electron chi connectivity index (χ2n) is 4.43. The van der Waals surface area contributed by atoms with Crippen molar-refractivity contribution in [3.05, 3.63) is 0 Å². The number of rotatable bonds is 3. The Labute approximate surface area is 85.4 Å². The lowest BCUT2D eigenvalue weighted by molar-refractivity contribution is 0.315. The Balaban J connectivity index is 1.79. The lowest BCUT2D eigenvalue weighted by atomic mass is 10.2. The molecule has 0 amide bonds. The molecular weight excluding hydrogens is 197 g/mol. The van der Waals surface area contributed by atoms with Crippen LogP contribution in [0.1, 0.15) is 19.3 Å². The first-order valence-corrected chi connectivity index (χ1v) is 7.25. The fourth-order valence-corrected chi connectivity index (χ4v) is 5.38. The van der Waals surface area contributed by atoms with Crippen LogP contribution in [0.5, 0.6) is 0 Å². The van der Waals surface area contributed by atoms with Gasteiger partial charge in [-0.2, -0.15) is 0 Å². The first-order chi connectivity index (χ1) is 6.82. The summed E-state index contributed by atoms with van der Waals surface area (Å²) < 4.78 is 19.5. The van der Waals surface area contributed by atoms with Crippen LogP contribution in [0.2, 0.25) is 0 Å². The van der Waals surface area contributed by atoms with Gasteiger partial charge in [0.2, 0.25) is 0 Å². The van der Waals surface area contributed by atoms with Gasteiger partial charge in [0.1, 0.15) is 0 Å². The molecule has 3 heterocycles. The molecule has 0 saturated carbocycles. The van der Waals surface area contributed by atoms with E-state index < -0.39 is 7.59 Å². The van der Waals surface area contributed by atoms with E-state index in [2.05, 4.69) is 14.0 Å². The molecule has 0 aliphatic carbocycles. The number of hydrogen-bond acceptors (Lipinski definition) is 1. The molecule has 0 atom stereocenters. The molecule has 80 valence electrons. The summed E-state index contributed by atoms with van der Waals surface area (Å²) in [4.78, 5) is 0. The molecule has 3 aliphatic heterocycles. The van der Waals surface area contributed by atoms with Crippen molar-refractivity contribution in [1.29, 1.82) is 0 Å². The Hall–Kier alpha value is 0.110. The van der Waals surface area contributed by atoms with Gasteiger partial charge in [-0.3, -0.25) is 4.57 Å². The Morgan fingerprint density at radius 3 is 1.50 bits per heavy atom. The van der Waals surface area contributed by atoms with Crippen LogP contribution >= 0.6 is 7.59 Å². The van der Waals surface area contributed by atoms with Crippen molar-refractivity contribution < 1.29 is 4.57 Å². The first kappa shape index (κ1) is 9.34. The average Bonchev–Trinajstić information content (AvgIpc) is 3.06. The highest BCUT2D eigenvalue weighted by Crippen LogP contribution is 2.63. The van der Waals surface area contributed by atoms with Crippen molar-refractivity contribution in [3.8, 4) is 0 Å². The molecule has 3 saturated heterocycles. The lowest BCUT2D eigenvalue weighted by Crippen LogP contribution is -2.32. The van der Waals surface area contributed by atoms with E-state index in [4.69, 9.17) is 0 Å². The molecule has 0 aromatic carbocycles. The SMILES string of the molecule is O=P(N1CCCCC1)(N1CC1)N1CC1. The van der Waals surface area contributed by atoms with Crippen molar-refractivity contribution in [1.82, 2.24) is 14.0 Å². The highest BCUT2D eigenvalue weighted by Gasteiger charge is 2.51. The largest absolute Gasteiger partial charge is 0.287 e. The van der Waals surface area contributed by atoms with E-state index in [0.717, 1.165) is 39.3 Å². The summed E-state index contributed by atoms with van der Waals surface area (Å²) in [5.74, 6) is 0. The third kappa shape index (κ3) is 1.45. The number of nitrogens with zero attached hydrogens (tertiary/aromatic N) is 3. The van der Waals surface area contributed by atoms with Crippen molar-refractivity contribution in [2.24, 2.45) is 0 Å². The average molecular weight is 215 g/mol. The summed E-state index contributed by atoms with van der Waals surface area (Å²) in [5, 5.41) is 0. The van der Waals surface area contributed by atoms with Gasteiger partial charge in [-0.25, -0.2) is 14.0 Å². The van der Waals surface area contributed by atoms with Gasteiger partial charge in [0, 0.05) is 39.3 Å². The van der Waals surface area contributed by atoms with Crippen molar-refractivity contribution in [2.75, 3.05) is 39.3 Å². The highest BCUT2D eigenvalue weighted by molar-refractivity contribution is 7.57. The van der Waals surface area contributed by atoms with E-state index in [1.165, 1.54) is 19.3 Å². The maximum atomic E-state index is 12.9. The van der Waals surface area contributed by atoms with Crippen LogP contribution in [0, 0.1) is 0 Å². The number of hydrogen-bond donors (Lipinski definition) is 0. The molecule has 3 rings (SSSR count). The minimum Gasteiger partial charge on any atom is -0.270 e. The molecule has 3 fully saturated rings. The minimum atomic E-state index is -2.22. The van der Waals surface area contributed by atoms with E-state index in [1.54, 1.807) is 0 Å². The van der Waals surface area contributed by atoms with Gasteiger partial charge in [0.15, 0.2) is 0 Å². The van der Waals surface area contributed by atoms with Crippen molar-refractivity contribution in [2.45, 2.75) is 19.3 Å². The van der Waals surface area contributed by atoms with Crippen molar-refractivity contribution >= 4 is 7.59 Å². The van der Waals surface area contributed by atoms with Crippen LogP contribution in [-0.2, 0) is 4.57 Å². The Morgan fingerprint density at radius 1 is 0.643 bits per heavy atom. The molecule has 0 radical (unpaired) electrons. The molecule has 4 nitrogen and oxygen atoms in total. The van der Waals surface area contributed by atoms with Crippen LogP contribution in [0.15, 0.2) is 0 Å². The summed E-state index contributed by atoms with van der Waals surface area (Å²) in [6, 6.07) is 0. The molecule has 0 aromatic heterocycles. The summed E-state index contributed by atoms with van der Waals surface area (Å²) in [7, 11) is -2.22. The third-order valence-corrected chi connectivity index (χ3v) is 6.70. The topological polar surface area (TPSA) is 26.3 Å². The minimum absolute atomic E-state index is 1.05. The highest BCUT2D eigenvalue weighted by atomic mass is 31.2. The Kier molecular flexibility index (Phi) is 2.21. The quantitative estimate of drug-likeness (QED) is 0.522. The van der Waals surface area contributed by atoms with E-state index in [9.17, 15) is 4.57 Å². The zero-order valence-electron chi connectivity index (χ0n) is 8.56. The molecule has 14 heavy (non-hydrogen) atoms. The molecule has 3 aliphatic rings. The molecule has 0 aromatic rings. The van der Waals surface area contributed by atoms with E-state index in [1.807, 2.05) is 0 Å². The summed E-state index contributed by atoms with van der Waals surface area (Å²) in [6.07, 6.45) is 3.77. The van der Waals surface area contributed by atoms with Crippen LogP contribution < -0.4 is 0 Å². The molecular formula is C9H18N3OP. The van der Waals surface area contributed by atoms with Crippen LogP contribution in [0.25, 0.3) is 0 Å². The van der Waals surface area contributed by atoms with Gasteiger partial charge in [0.25, 0.3) is 7.59 Å². The van der Waals surface area contributed by atoms with Crippen molar-refractivity contribution in [3.63, 3.8) is 0 Å². The summed E-state index contributed by atoms with van der Waals surface area (Å²) >= 11 is 0. The fraction of sp³-hybridized carbons (Fsp3) is 1.00. The first-order valence-electron chi connectivity index (χ1n) is 5.68. The van der Waals surface area contributed by atoms with Gasteiger partial charge >= 0.3 is 0 Å². The van der Waals surface area contributed by atoms with Gasteiger partial charge in [0.05, 0.1) is 0 Å². The molecule has 0 unspecified atom stereocenters. The number of piperidine rings is 1. The predicted octanol–water partition coefficient (Wildman–Crippen LogP) is 1.21. The van der Waals surface area contributed by atoms with Crippen LogP contribution in [0.3, 0.4) is 0 Å². The standard InChI is InChI=1S/C9H18N3OP/c13-14(11-6-7-11,12-8-9-12)10-4-2-1-3-5-10/h1-9H2. The van der Waals surface area contributed by atoms with Gasteiger partial charge in [-0.1, -0.05) is 6.42 Å². The van der Waals surface area contributed by atoms with Gasteiger partial charge in [-0.05, 0) is 12.8 Å². The maximum absolute atomic E-state index is 12.9. The van der Waals surface area contributed by atoms with Crippen LogP contribution in [-0.4, -0.2) is 53.3 Å². The zero-order chi connectivity index (χ0) is 9.60. The molecule has 0 spiro atoms. The van der Waals surface area contributed by atoms with Gasteiger partial charge in [-0.15, -0.1) is 0 Å². The maximum Gasteiger partial charge on any atom is 0.287 e.